The van der Waals surface area contributed by atoms with Crippen LogP contribution < -0.4 is 5.32 Å². The van der Waals surface area contributed by atoms with Gasteiger partial charge < -0.3 is 58.7 Å². The van der Waals surface area contributed by atoms with Gasteiger partial charge in [0.2, 0.25) is 5.79 Å². The summed E-state index contributed by atoms with van der Waals surface area (Å²) in [6.07, 6.45) is 9.87. The first-order chi connectivity index (χ1) is 37.0. The number of Topliss-reactive ketones (excluding diaryl/α,β-unsaturated/α-hetero) is 3. The van der Waals surface area contributed by atoms with Crippen LogP contribution in [0.4, 0.5) is 4.79 Å². The minimum atomic E-state index is -2.48. The summed E-state index contributed by atoms with van der Waals surface area (Å²) in [5, 5.41) is 35.8. The van der Waals surface area contributed by atoms with Crippen LogP contribution in [0, 0.1) is 35.5 Å². The summed E-state index contributed by atoms with van der Waals surface area (Å²) in [5.41, 5.74) is 1.20. The molecule has 1 aliphatic carbocycles. The molecule has 2 saturated heterocycles. The molecule has 3 fully saturated rings. The van der Waals surface area contributed by atoms with Gasteiger partial charge in [0.05, 0.1) is 31.5 Å². The highest BCUT2D eigenvalue weighted by molar-refractivity contribution is 6.39. The summed E-state index contributed by atoms with van der Waals surface area (Å²) in [7, 11) is 4.41. The molecule has 19 heteroatoms. The number of hydrogen-bond acceptors (Lipinski definition) is 17. The van der Waals surface area contributed by atoms with Crippen LogP contribution in [-0.4, -0.2) is 163 Å². The Morgan fingerprint density at radius 3 is 2.28 bits per heavy atom. The number of carbonyl (C=O) groups excluding carboxylic acids is 7. The fraction of sp³-hybridized carbons (Fsp3) is 0.746. The lowest BCUT2D eigenvalue weighted by Gasteiger charge is -2.42. The zero-order valence-corrected chi connectivity index (χ0v) is 48.1. The molecular formula is C59H92N2O17. The Bertz CT molecular complexity index is 2140. The largest absolute Gasteiger partial charge is 0.464 e. The van der Waals surface area contributed by atoms with Crippen LogP contribution in [0.2, 0.25) is 0 Å². The van der Waals surface area contributed by atoms with Crippen molar-refractivity contribution in [2.24, 2.45) is 35.5 Å². The van der Waals surface area contributed by atoms with Crippen LogP contribution >= 0.6 is 0 Å². The minimum Gasteiger partial charge on any atom is -0.464 e. The Labute approximate surface area is 462 Å². The first-order valence-corrected chi connectivity index (χ1v) is 28.3. The van der Waals surface area contributed by atoms with E-state index in [9.17, 15) is 48.9 Å². The quantitative estimate of drug-likeness (QED) is 0.0497. The Hall–Kier alpha value is -4.63. The number of piperidine rings is 1. The van der Waals surface area contributed by atoms with E-state index in [1.165, 1.54) is 14.2 Å². The van der Waals surface area contributed by atoms with E-state index in [2.05, 4.69) is 5.32 Å². The first-order valence-electron chi connectivity index (χ1n) is 28.3. The average Bonchev–Trinajstić information content (AvgIpc) is 3.43. The molecule has 3 heterocycles. The van der Waals surface area contributed by atoms with Gasteiger partial charge in [-0.15, -0.1) is 0 Å². The zero-order chi connectivity index (χ0) is 57.9. The molecule has 4 rings (SSSR count). The number of ether oxygens (including phenoxy) is 7. The summed E-state index contributed by atoms with van der Waals surface area (Å²) in [4.78, 5) is 98.1. The first kappa shape index (κ1) is 65.9. The lowest BCUT2D eigenvalue weighted by atomic mass is 9.78. The molecule has 4 aliphatic rings. The van der Waals surface area contributed by atoms with Gasteiger partial charge in [0.15, 0.2) is 11.8 Å². The smallest absolute Gasteiger partial charge is 0.408 e. The van der Waals surface area contributed by atoms with Crippen LogP contribution in [0.3, 0.4) is 0 Å². The number of carbonyl (C=O) groups is 7. The number of allylic oxidation sites excluding steroid dienone is 6. The highest BCUT2D eigenvalue weighted by Crippen LogP contribution is 2.38. The lowest BCUT2D eigenvalue weighted by molar-refractivity contribution is -0.265. The van der Waals surface area contributed by atoms with Crippen molar-refractivity contribution in [3.05, 3.63) is 47.6 Å². The second-order valence-electron chi connectivity index (χ2n) is 22.4. The fourth-order valence-electron chi connectivity index (χ4n) is 11.1. The normalized spacial score (nSPS) is 35.8. The number of aliphatic hydroxyl groups excluding tert-OH is 2. The van der Waals surface area contributed by atoms with Crippen molar-refractivity contribution < 1.29 is 82.0 Å². The van der Waals surface area contributed by atoms with Crippen LogP contribution in [0.1, 0.15) is 145 Å². The Morgan fingerprint density at radius 1 is 0.885 bits per heavy atom. The SMILES string of the molecule is CCCCOC(=O)C(CO)NC(=O)O[C@@H]1CCC(CC(C)C2CC(=O)C(C)/C=C(\C)[C@@H](O)C(OC)C(=O)[C@H](C)CC(C)/C=C/C=C/C=C(\C)C(OC)CC3CC[C@@H](C)[C@@](O)(O3)C(=O)C(=O)N3CCCC[C@H]3C(=O)O2)CC1OC. The van der Waals surface area contributed by atoms with E-state index >= 15 is 0 Å². The van der Waals surface area contributed by atoms with Crippen LogP contribution in [0.25, 0.3) is 0 Å². The topological polar surface area (TPSA) is 260 Å². The third kappa shape index (κ3) is 18.5. The van der Waals surface area contributed by atoms with E-state index in [-0.39, 0.29) is 55.8 Å². The number of alkyl carbamates (subject to hydrolysis) is 1. The van der Waals surface area contributed by atoms with Gasteiger partial charge >= 0.3 is 18.0 Å². The van der Waals surface area contributed by atoms with E-state index < -0.39 is 121 Å². The minimum absolute atomic E-state index is 0.0143. The standard InChI is InChI=1S/C59H92N2O17/c1-12-13-27-75-56(68)44(34-62)60-58(70)77-47-25-23-42(31-50(47)73-10)30-38(5)49-33-46(63)37(4)29-40(7)52(65)53(74-11)51(64)39(6)28-35(2)19-15-14-16-20-36(3)48(72-9)32-43-24-22-41(8)59(71,78-43)54(66)55(67)61-26-18-17-21-45(61)57(69)76-49/h14-16,19-20,29,35,37-39,41-45,47-50,52-53,62,65,71H,12-13,17-18,21-28,30-34H2,1-11H3,(H,60,70)/b16-14+,19-15+,36-20+,40-29+/t35?,37?,38?,39-,41-,42?,43?,44?,45+,47-,48?,49?,50?,52-,53?,59-/m1/s1. The van der Waals surface area contributed by atoms with Crippen LogP contribution in [0.15, 0.2) is 47.6 Å². The lowest BCUT2D eigenvalue weighted by Crippen LogP contribution is -2.61. The summed E-state index contributed by atoms with van der Waals surface area (Å²) < 4.78 is 40.6. The second kappa shape index (κ2) is 32.0. The molecule has 10 unspecified atom stereocenters. The van der Waals surface area contributed by atoms with Crippen molar-refractivity contribution in [2.75, 3.05) is 41.1 Å². The molecule has 0 aromatic rings. The Kier molecular flexibility index (Phi) is 27.0. The van der Waals surface area contributed by atoms with Crippen molar-refractivity contribution in [2.45, 2.75) is 206 Å². The predicted molar refractivity (Wildman–Crippen MR) is 289 cm³/mol. The van der Waals surface area contributed by atoms with E-state index in [1.807, 2.05) is 58.1 Å². The third-order valence-corrected chi connectivity index (χ3v) is 16.2. The van der Waals surface area contributed by atoms with Crippen molar-refractivity contribution >= 4 is 41.3 Å². The number of ketones is 3. The fourth-order valence-corrected chi connectivity index (χ4v) is 11.1. The van der Waals surface area contributed by atoms with Crippen molar-refractivity contribution in [3.8, 4) is 0 Å². The highest BCUT2D eigenvalue weighted by atomic mass is 16.6. The molecule has 78 heavy (non-hydrogen) atoms. The predicted octanol–water partition coefficient (Wildman–Crippen LogP) is 6.62. The number of unbranched alkanes of at least 4 members (excludes halogenated alkanes) is 1. The van der Waals surface area contributed by atoms with Gasteiger partial charge in [-0.1, -0.05) is 84.4 Å². The average molecular weight is 1100 g/mol. The summed E-state index contributed by atoms with van der Waals surface area (Å²) in [6, 6.07) is -2.53. The monoisotopic (exact) mass is 1100 g/mol. The van der Waals surface area contributed by atoms with Crippen LogP contribution in [0.5, 0.6) is 0 Å². The third-order valence-electron chi connectivity index (χ3n) is 16.2. The Balaban J connectivity index is 1.65. The summed E-state index contributed by atoms with van der Waals surface area (Å²) >= 11 is 0. The van der Waals surface area contributed by atoms with Gasteiger partial charge in [0, 0.05) is 58.5 Å². The number of hydrogen-bond donors (Lipinski definition) is 4. The number of aliphatic hydroxyl groups is 3. The number of cyclic esters (lactones) is 1. The number of nitrogens with one attached hydrogen (secondary N) is 1. The van der Waals surface area contributed by atoms with Gasteiger partial charge in [0.1, 0.15) is 36.2 Å². The van der Waals surface area contributed by atoms with Gasteiger partial charge in [0.25, 0.3) is 11.7 Å². The molecule has 1 saturated carbocycles. The summed E-state index contributed by atoms with van der Waals surface area (Å²) in [6.45, 7) is 13.9. The van der Waals surface area contributed by atoms with Crippen LogP contribution in [-0.2, 0) is 61.9 Å². The molecule has 2 amide bonds. The summed E-state index contributed by atoms with van der Waals surface area (Å²) in [5.74, 6) is -9.56. The van der Waals surface area contributed by atoms with Crippen molar-refractivity contribution in [1.29, 1.82) is 0 Å². The maximum atomic E-state index is 14.6. The highest BCUT2D eigenvalue weighted by Gasteiger charge is 2.53. The maximum Gasteiger partial charge on any atom is 0.408 e. The van der Waals surface area contributed by atoms with Gasteiger partial charge in [-0.3, -0.25) is 19.2 Å². The molecular weight excluding hydrogens is 1010 g/mol. The number of nitrogens with zero attached hydrogens (tertiary/aromatic N) is 1. The number of fused-ring (bicyclic) bond motifs is 3. The maximum absolute atomic E-state index is 14.6. The Morgan fingerprint density at radius 2 is 1.62 bits per heavy atom. The molecule has 4 N–H and O–H groups in total. The van der Waals surface area contributed by atoms with Gasteiger partial charge in [-0.05, 0) is 113 Å². The van der Waals surface area contributed by atoms with Gasteiger partial charge in [-0.2, -0.15) is 0 Å². The van der Waals surface area contributed by atoms with Gasteiger partial charge in [-0.25, -0.2) is 14.4 Å². The molecule has 0 aromatic carbocycles. The van der Waals surface area contributed by atoms with Crippen molar-refractivity contribution in [1.82, 2.24) is 10.2 Å². The number of methoxy groups -OCH3 is 3. The number of rotatable bonds is 13. The molecule has 3 aliphatic heterocycles. The zero-order valence-electron chi connectivity index (χ0n) is 48.1. The molecule has 0 aromatic heterocycles. The molecule has 0 spiro atoms. The number of esters is 2. The molecule has 0 radical (unpaired) electrons. The van der Waals surface area contributed by atoms with E-state index in [0.29, 0.717) is 69.8 Å². The second-order valence-corrected chi connectivity index (χ2v) is 22.4. The molecule has 19 nitrogen and oxygen atoms in total. The molecule has 440 valence electrons. The number of amides is 2. The molecule has 16 atom stereocenters. The van der Waals surface area contributed by atoms with E-state index in [1.54, 1.807) is 40.9 Å². The van der Waals surface area contributed by atoms with E-state index in [0.717, 1.165) is 16.9 Å². The molecule has 2 bridgehead atoms. The van der Waals surface area contributed by atoms with E-state index in [4.69, 9.17) is 33.2 Å². The van der Waals surface area contributed by atoms with Crippen molar-refractivity contribution in [3.63, 3.8) is 0 Å².